The number of carbonyl (C=O) groups is 1. The number of alkyl halides is 3. The van der Waals surface area contributed by atoms with E-state index in [1.165, 1.54) is 25.6 Å². The molecule has 0 aliphatic carbocycles. The number of hydrogen-bond donors (Lipinski definition) is 0. The number of hydrogen-bond acceptors (Lipinski definition) is 3. The summed E-state index contributed by atoms with van der Waals surface area (Å²) in [5, 5.41) is 0. The van der Waals surface area contributed by atoms with Gasteiger partial charge in [-0.2, -0.15) is 13.2 Å². The first-order chi connectivity index (χ1) is 7.42. The standard InChI is InChI=1S/C10H8F3NO2/c1-16-9(15)8-4-7(5-14-6-8)2-3-10(11,12)13/h2-6H,1H3/b3-2+. The van der Waals surface area contributed by atoms with Gasteiger partial charge in [-0.25, -0.2) is 4.79 Å². The van der Waals surface area contributed by atoms with Gasteiger partial charge >= 0.3 is 12.1 Å². The van der Waals surface area contributed by atoms with E-state index in [1.807, 2.05) is 0 Å². The van der Waals surface area contributed by atoms with Gasteiger partial charge < -0.3 is 4.74 Å². The van der Waals surface area contributed by atoms with Crippen molar-refractivity contribution in [1.29, 1.82) is 0 Å². The van der Waals surface area contributed by atoms with Gasteiger partial charge in [0.1, 0.15) is 0 Å². The van der Waals surface area contributed by atoms with Gasteiger partial charge in [-0.05, 0) is 17.7 Å². The van der Waals surface area contributed by atoms with E-state index in [0.717, 1.165) is 6.08 Å². The number of rotatable bonds is 2. The number of methoxy groups -OCH3 is 1. The fourth-order valence-corrected chi connectivity index (χ4v) is 0.969. The summed E-state index contributed by atoms with van der Waals surface area (Å²) < 4.78 is 40.0. The monoisotopic (exact) mass is 231 g/mol. The van der Waals surface area contributed by atoms with Crippen molar-refractivity contribution in [3.05, 3.63) is 35.7 Å². The molecule has 0 amide bonds. The average molecular weight is 231 g/mol. The third kappa shape index (κ3) is 3.72. The molecule has 0 atom stereocenters. The molecule has 3 nitrogen and oxygen atoms in total. The maximum atomic E-state index is 11.9. The molecular weight excluding hydrogens is 223 g/mol. The lowest BCUT2D eigenvalue weighted by Crippen LogP contribution is -2.02. The second-order valence-corrected chi connectivity index (χ2v) is 2.87. The first-order valence-electron chi connectivity index (χ1n) is 4.22. The number of pyridine rings is 1. The van der Waals surface area contributed by atoms with Crippen molar-refractivity contribution in [2.45, 2.75) is 6.18 Å². The van der Waals surface area contributed by atoms with Gasteiger partial charge in [0.15, 0.2) is 0 Å². The van der Waals surface area contributed by atoms with Crippen LogP contribution in [0.1, 0.15) is 15.9 Å². The van der Waals surface area contributed by atoms with E-state index in [9.17, 15) is 18.0 Å². The van der Waals surface area contributed by atoms with Crippen molar-refractivity contribution in [2.24, 2.45) is 0 Å². The normalized spacial score (nSPS) is 11.8. The van der Waals surface area contributed by atoms with E-state index in [0.29, 0.717) is 0 Å². The van der Waals surface area contributed by atoms with Crippen molar-refractivity contribution in [3.8, 4) is 0 Å². The van der Waals surface area contributed by atoms with E-state index >= 15 is 0 Å². The third-order valence-electron chi connectivity index (χ3n) is 1.65. The first kappa shape index (κ1) is 12.2. The highest BCUT2D eigenvalue weighted by atomic mass is 19.4. The molecule has 6 heteroatoms. The summed E-state index contributed by atoms with van der Waals surface area (Å²) in [6, 6.07) is 1.26. The summed E-state index contributed by atoms with van der Waals surface area (Å²) in [5.74, 6) is -0.644. The van der Waals surface area contributed by atoms with Gasteiger partial charge in [0, 0.05) is 18.5 Å². The fraction of sp³-hybridized carbons (Fsp3) is 0.200. The maximum absolute atomic E-state index is 11.9. The molecule has 16 heavy (non-hydrogen) atoms. The summed E-state index contributed by atoms with van der Waals surface area (Å²) in [7, 11) is 1.18. The zero-order valence-electron chi connectivity index (χ0n) is 8.28. The minimum Gasteiger partial charge on any atom is -0.465 e. The van der Waals surface area contributed by atoms with E-state index < -0.39 is 12.1 Å². The number of allylic oxidation sites excluding steroid dienone is 1. The van der Waals surface area contributed by atoms with Crippen LogP contribution in [-0.4, -0.2) is 24.2 Å². The average Bonchev–Trinajstić information content (AvgIpc) is 2.25. The van der Waals surface area contributed by atoms with Crippen LogP contribution in [-0.2, 0) is 4.74 Å². The second kappa shape index (κ2) is 4.78. The molecule has 0 aliphatic rings. The molecule has 0 aliphatic heterocycles. The van der Waals surface area contributed by atoms with Crippen LogP contribution in [0.4, 0.5) is 13.2 Å². The topological polar surface area (TPSA) is 39.2 Å². The molecule has 0 bridgehead atoms. The lowest BCUT2D eigenvalue weighted by molar-refractivity contribution is -0.0790. The van der Waals surface area contributed by atoms with Gasteiger partial charge in [-0.15, -0.1) is 0 Å². The SMILES string of the molecule is COC(=O)c1cncc(/C=C/C(F)(F)F)c1. The Morgan fingerprint density at radius 1 is 1.44 bits per heavy atom. The lowest BCUT2D eigenvalue weighted by atomic mass is 10.2. The summed E-state index contributed by atoms with van der Waals surface area (Å²) in [6.45, 7) is 0. The van der Waals surface area contributed by atoms with Crippen LogP contribution in [0.2, 0.25) is 0 Å². The molecule has 0 unspecified atom stereocenters. The zero-order chi connectivity index (χ0) is 12.2. The molecule has 0 spiro atoms. The highest BCUT2D eigenvalue weighted by Gasteiger charge is 2.21. The van der Waals surface area contributed by atoms with Crippen LogP contribution in [0.25, 0.3) is 6.08 Å². The minimum absolute atomic E-state index is 0.0745. The molecule has 86 valence electrons. The summed E-state index contributed by atoms with van der Waals surface area (Å²) in [4.78, 5) is 14.7. The van der Waals surface area contributed by atoms with Crippen LogP contribution >= 0.6 is 0 Å². The van der Waals surface area contributed by atoms with Crippen LogP contribution in [0.15, 0.2) is 24.5 Å². The smallest absolute Gasteiger partial charge is 0.409 e. The van der Waals surface area contributed by atoms with E-state index in [1.54, 1.807) is 0 Å². The van der Waals surface area contributed by atoms with E-state index in [-0.39, 0.29) is 17.2 Å². The molecule has 1 aromatic rings. The van der Waals surface area contributed by atoms with E-state index in [4.69, 9.17) is 0 Å². The first-order valence-corrected chi connectivity index (χ1v) is 4.22. The molecule has 0 fully saturated rings. The van der Waals surface area contributed by atoms with Crippen molar-refractivity contribution in [2.75, 3.05) is 7.11 Å². The molecule has 0 saturated carbocycles. The van der Waals surface area contributed by atoms with Crippen LogP contribution in [0.5, 0.6) is 0 Å². The lowest BCUT2D eigenvalue weighted by Gasteiger charge is -2.00. The van der Waals surface area contributed by atoms with Crippen LogP contribution in [0.3, 0.4) is 0 Å². The Balaban J connectivity index is 2.91. The van der Waals surface area contributed by atoms with E-state index in [2.05, 4.69) is 9.72 Å². The van der Waals surface area contributed by atoms with Crippen LogP contribution in [0, 0.1) is 0 Å². The van der Waals surface area contributed by atoms with Crippen molar-refractivity contribution >= 4 is 12.0 Å². The Hall–Kier alpha value is -1.85. The Labute approximate surface area is 89.6 Å². The molecule has 0 aromatic carbocycles. The molecule has 1 heterocycles. The Morgan fingerprint density at radius 2 is 2.12 bits per heavy atom. The van der Waals surface area contributed by atoms with Gasteiger partial charge in [-0.3, -0.25) is 4.98 Å². The largest absolute Gasteiger partial charge is 0.465 e. The predicted octanol–water partition coefficient (Wildman–Crippen LogP) is 2.44. The Bertz CT molecular complexity index is 413. The molecule has 1 rings (SSSR count). The van der Waals surface area contributed by atoms with Gasteiger partial charge in [0.2, 0.25) is 0 Å². The minimum atomic E-state index is -4.39. The molecule has 0 N–H and O–H groups in total. The number of ether oxygens (including phenoxy) is 1. The number of carbonyl (C=O) groups excluding carboxylic acids is 1. The van der Waals surface area contributed by atoms with Crippen LogP contribution < -0.4 is 0 Å². The molecule has 0 radical (unpaired) electrons. The van der Waals surface area contributed by atoms with Crippen molar-refractivity contribution in [1.82, 2.24) is 4.98 Å². The number of esters is 1. The summed E-state index contributed by atoms with van der Waals surface area (Å²) >= 11 is 0. The number of nitrogens with zero attached hydrogens (tertiary/aromatic N) is 1. The fourth-order valence-electron chi connectivity index (χ4n) is 0.969. The van der Waals surface area contributed by atoms with Gasteiger partial charge in [0.05, 0.1) is 12.7 Å². The Kier molecular flexibility index (Phi) is 3.65. The third-order valence-corrected chi connectivity index (χ3v) is 1.65. The number of aromatic nitrogens is 1. The van der Waals surface area contributed by atoms with Gasteiger partial charge in [-0.1, -0.05) is 0 Å². The second-order valence-electron chi connectivity index (χ2n) is 2.87. The summed E-state index contributed by atoms with van der Waals surface area (Å²) in [6.07, 6.45) is -1.04. The van der Waals surface area contributed by atoms with Crippen molar-refractivity contribution in [3.63, 3.8) is 0 Å². The maximum Gasteiger partial charge on any atom is 0.409 e. The predicted molar refractivity (Wildman–Crippen MR) is 50.7 cm³/mol. The Morgan fingerprint density at radius 3 is 2.69 bits per heavy atom. The molecular formula is C10H8F3NO2. The zero-order valence-corrected chi connectivity index (χ0v) is 8.28. The quantitative estimate of drug-likeness (QED) is 0.734. The van der Waals surface area contributed by atoms with Gasteiger partial charge in [0.25, 0.3) is 0 Å². The highest BCUT2D eigenvalue weighted by Crippen LogP contribution is 2.18. The van der Waals surface area contributed by atoms with Crippen molar-refractivity contribution < 1.29 is 22.7 Å². The molecule has 0 saturated heterocycles. The number of halogens is 3. The highest BCUT2D eigenvalue weighted by molar-refractivity contribution is 5.89. The molecule has 1 aromatic heterocycles. The summed E-state index contributed by atoms with van der Waals surface area (Å²) in [5.41, 5.74) is 0.284.